The Labute approximate surface area is 185 Å². The van der Waals surface area contributed by atoms with E-state index < -0.39 is 10.0 Å². The molecule has 0 atom stereocenters. The number of sulfonamides is 1. The van der Waals surface area contributed by atoms with Crippen molar-refractivity contribution in [1.29, 1.82) is 0 Å². The Balaban J connectivity index is 1.82. The first-order valence-electron chi connectivity index (χ1n) is 10.2. The Morgan fingerprint density at radius 2 is 1.73 bits per heavy atom. The van der Waals surface area contributed by atoms with Crippen molar-refractivity contribution in [2.75, 3.05) is 0 Å². The quantitative estimate of drug-likeness (QED) is 0.546. The summed E-state index contributed by atoms with van der Waals surface area (Å²) in [5.74, 6) is 0. The predicted octanol–water partition coefficient (Wildman–Crippen LogP) is 5.04. The van der Waals surface area contributed by atoms with Crippen molar-refractivity contribution in [3.05, 3.63) is 74.0 Å². The zero-order valence-corrected chi connectivity index (χ0v) is 19.5. The van der Waals surface area contributed by atoms with Crippen LogP contribution in [0.15, 0.2) is 56.6 Å². The summed E-state index contributed by atoms with van der Waals surface area (Å²) < 4.78 is 29.3. The fourth-order valence-corrected chi connectivity index (χ4v) is 6.91. The zero-order valence-electron chi connectivity index (χ0n) is 17.1. The molecule has 0 unspecified atom stereocenters. The van der Waals surface area contributed by atoms with E-state index in [1.54, 1.807) is 24.3 Å². The Morgan fingerprint density at radius 1 is 1.07 bits per heavy atom. The highest BCUT2D eigenvalue weighted by molar-refractivity contribution is 9.10. The van der Waals surface area contributed by atoms with Gasteiger partial charge in [0.1, 0.15) is 0 Å². The normalized spacial score (nSPS) is 15.3. The van der Waals surface area contributed by atoms with Crippen LogP contribution in [0.25, 0.3) is 10.9 Å². The number of benzene rings is 2. The third-order valence-electron chi connectivity index (χ3n) is 6.00. The van der Waals surface area contributed by atoms with Crippen LogP contribution >= 0.6 is 15.9 Å². The van der Waals surface area contributed by atoms with Gasteiger partial charge in [0, 0.05) is 28.0 Å². The summed E-state index contributed by atoms with van der Waals surface area (Å²) in [7, 11) is -3.77. The Kier molecular flexibility index (Phi) is 5.88. The van der Waals surface area contributed by atoms with Crippen molar-refractivity contribution >= 4 is 36.9 Å². The predicted molar refractivity (Wildman–Crippen MR) is 123 cm³/mol. The molecule has 7 heteroatoms. The summed E-state index contributed by atoms with van der Waals surface area (Å²) in [5.41, 5.74) is 3.09. The van der Waals surface area contributed by atoms with E-state index >= 15 is 0 Å². The molecule has 5 nitrogen and oxygen atoms in total. The van der Waals surface area contributed by atoms with E-state index in [1.807, 2.05) is 32.0 Å². The van der Waals surface area contributed by atoms with Gasteiger partial charge in [-0.25, -0.2) is 8.42 Å². The highest BCUT2D eigenvalue weighted by Gasteiger charge is 2.35. The monoisotopic (exact) mass is 488 g/mol. The summed E-state index contributed by atoms with van der Waals surface area (Å²) >= 11 is 3.39. The molecular formula is C23H25BrN2O3S. The number of pyridine rings is 1. The highest BCUT2D eigenvalue weighted by Crippen LogP contribution is 2.33. The van der Waals surface area contributed by atoms with E-state index in [2.05, 4.69) is 20.9 Å². The van der Waals surface area contributed by atoms with Crippen LogP contribution in [0, 0.1) is 13.8 Å². The first-order valence-corrected chi connectivity index (χ1v) is 12.4. The lowest BCUT2D eigenvalue weighted by Gasteiger charge is -2.28. The fraction of sp³-hybridized carbons (Fsp3) is 0.348. The number of aromatic amines is 1. The molecule has 1 aromatic heterocycles. The third-order valence-corrected chi connectivity index (χ3v) is 8.91. The molecule has 158 valence electrons. The lowest BCUT2D eigenvalue weighted by Crippen LogP contribution is -2.39. The Hall–Kier alpha value is -1.96. The van der Waals surface area contributed by atoms with Crippen molar-refractivity contribution in [3.8, 4) is 0 Å². The van der Waals surface area contributed by atoms with Gasteiger partial charge < -0.3 is 4.98 Å². The number of aromatic nitrogens is 1. The average Bonchev–Trinajstić information content (AvgIpc) is 3.24. The second-order valence-corrected chi connectivity index (χ2v) is 10.7. The molecule has 0 aliphatic heterocycles. The number of rotatable bonds is 5. The van der Waals surface area contributed by atoms with Crippen molar-refractivity contribution < 1.29 is 8.42 Å². The average molecular weight is 489 g/mol. The van der Waals surface area contributed by atoms with Gasteiger partial charge in [0.15, 0.2) is 0 Å². The van der Waals surface area contributed by atoms with E-state index in [1.165, 1.54) is 4.31 Å². The zero-order chi connectivity index (χ0) is 21.5. The molecule has 1 heterocycles. The van der Waals surface area contributed by atoms with Crippen molar-refractivity contribution in [2.24, 2.45) is 0 Å². The lowest BCUT2D eigenvalue weighted by molar-refractivity contribution is 0.315. The molecule has 3 aromatic rings. The summed E-state index contributed by atoms with van der Waals surface area (Å²) in [5, 5.41) is 0.953. The largest absolute Gasteiger partial charge is 0.321 e. The van der Waals surface area contributed by atoms with Gasteiger partial charge in [0.25, 0.3) is 5.56 Å². The summed E-state index contributed by atoms with van der Waals surface area (Å²) in [6, 6.07) is 12.6. The minimum Gasteiger partial charge on any atom is -0.321 e. The van der Waals surface area contributed by atoms with Gasteiger partial charge in [-0.15, -0.1) is 0 Å². The molecule has 1 N–H and O–H groups in total. The van der Waals surface area contributed by atoms with Crippen molar-refractivity contribution in [2.45, 2.75) is 57.0 Å². The summed E-state index contributed by atoms with van der Waals surface area (Å²) in [4.78, 5) is 16.1. The van der Waals surface area contributed by atoms with E-state index in [4.69, 9.17) is 0 Å². The number of fused-ring (bicyclic) bond motifs is 1. The van der Waals surface area contributed by atoms with Crippen LogP contribution in [0.2, 0.25) is 0 Å². The van der Waals surface area contributed by atoms with E-state index in [0.717, 1.165) is 47.7 Å². The van der Waals surface area contributed by atoms with Crippen LogP contribution in [-0.2, 0) is 16.6 Å². The van der Waals surface area contributed by atoms with Crippen LogP contribution < -0.4 is 5.56 Å². The molecule has 0 bridgehead atoms. The summed E-state index contributed by atoms with van der Waals surface area (Å²) in [6.45, 7) is 4.02. The van der Waals surface area contributed by atoms with Gasteiger partial charge in [-0.2, -0.15) is 4.31 Å². The minimum absolute atomic E-state index is 0.0625. The van der Waals surface area contributed by atoms with Crippen molar-refractivity contribution in [3.63, 3.8) is 0 Å². The lowest BCUT2D eigenvalue weighted by atomic mass is 10.0. The molecule has 1 saturated carbocycles. The Morgan fingerprint density at radius 3 is 2.43 bits per heavy atom. The van der Waals surface area contributed by atoms with E-state index in [-0.39, 0.29) is 23.0 Å². The maximum absolute atomic E-state index is 13.6. The molecule has 30 heavy (non-hydrogen) atoms. The van der Waals surface area contributed by atoms with Crippen LogP contribution in [0.5, 0.6) is 0 Å². The molecule has 1 aliphatic rings. The third kappa shape index (κ3) is 3.86. The number of nitrogens with zero attached hydrogens (tertiary/aromatic N) is 1. The van der Waals surface area contributed by atoms with Gasteiger partial charge >= 0.3 is 0 Å². The van der Waals surface area contributed by atoms with Crippen LogP contribution in [0.1, 0.15) is 42.4 Å². The maximum Gasteiger partial charge on any atom is 0.252 e. The van der Waals surface area contributed by atoms with Crippen molar-refractivity contribution in [1.82, 2.24) is 9.29 Å². The first-order chi connectivity index (χ1) is 14.3. The van der Waals surface area contributed by atoms with Crippen LogP contribution in [0.3, 0.4) is 0 Å². The second-order valence-electron chi connectivity index (χ2n) is 8.03. The molecule has 0 spiro atoms. The SMILES string of the molecule is Cc1ccc(C)c2[nH]c(=O)c(CN(C3CCCC3)S(=O)(=O)c3ccccc3Br)cc12. The number of hydrogen-bond donors (Lipinski definition) is 1. The standard InChI is InChI=1S/C23H25BrN2O3S/c1-15-11-12-16(2)22-19(15)13-17(23(27)25-22)14-26(18-7-3-4-8-18)30(28,29)21-10-6-5-9-20(21)24/h5-6,9-13,18H,3-4,7-8,14H2,1-2H3,(H,25,27). The van der Waals surface area contributed by atoms with Gasteiger partial charge in [-0.3, -0.25) is 4.79 Å². The molecule has 4 rings (SSSR count). The first kappa shape index (κ1) is 21.3. The summed E-state index contributed by atoms with van der Waals surface area (Å²) in [6.07, 6.45) is 3.62. The van der Waals surface area contributed by atoms with Crippen LogP contribution in [-0.4, -0.2) is 23.7 Å². The number of H-pyrrole nitrogens is 1. The molecule has 1 aliphatic carbocycles. The molecule has 0 saturated heterocycles. The topological polar surface area (TPSA) is 70.2 Å². The second kappa shape index (κ2) is 8.29. The molecule has 0 amide bonds. The molecular weight excluding hydrogens is 464 g/mol. The van der Waals surface area contributed by atoms with Crippen LogP contribution in [0.4, 0.5) is 0 Å². The molecule has 0 radical (unpaired) electrons. The highest BCUT2D eigenvalue weighted by atomic mass is 79.9. The Bertz CT molecular complexity index is 1260. The number of aryl methyl sites for hydroxylation is 2. The van der Waals surface area contributed by atoms with E-state index in [9.17, 15) is 13.2 Å². The van der Waals surface area contributed by atoms with Gasteiger partial charge in [-0.1, -0.05) is 37.1 Å². The van der Waals surface area contributed by atoms with Gasteiger partial charge in [0.05, 0.1) is 10.4 Å². The van der Waals surface area contributed by atoms with Gasteiger partial charge in [0.2, 0.25) is 10.0 Å². The van der Waals surface area contributed by atoms with Gasteiger partial charge in [-0.05, 0) is 71.9 Å². The minimum atomic E-state index is -3.77. The number of halogens is 1. The number of hydrogen-bond acceptors (Lipinski definition) is 3. The smallest absolute Gasteiger partial charge is 0.252 e. The molecule has 2 aromatic carbocycles. The fourth-order valence-electron chi connectivity index (χ4n) is 4.29. The number of nitrogens with one attached hydrogen (secondary N) is 1. The maximum atomic E-state index is 13.6. The molecule has 1 fully saturated rings. The van der Waals surface area contributed by atoms with E-state index in [0.29, 0.717) is 10.0 Å².